The first-order valence-corrected chi connectivity index (χ1v) is 7.41. The van der Waals surface area contributed by atoms with Crippen LogP contribution in [0.4, 0.5) is 14.5 Å². The minimum Gasteiger partial charge on any atom is -0.308 e. The maximum absolute atomic E-state index is 13.9. The van der Waals surface area contributed by atoms with Crippen LogP contribution in [0.5, 0.6) is 0 Å². The highest BCUT2D eigenvalue weighted by Gasteiger charge is 2.26. The molecule has 0 aliphatic carbocycles. The van der Waals surface area contributed by atoms with Crippen molar-refractivity contribution in [3.8, 4) is 0 Å². The van der Waals surface area contributed by atoms with E-state index in [0.29, 0.717) is 36.2 Å². The predicted molar refractivity (Wildman–Crippen MR) is 80.5 cm³/mol. The highest BCUT2D eigenvalue weighted by molar-refractivity contribution is 9.10. The molecule has 0 spiro atoms. The number of hydrogen-bond donors (Lipinski definition) is 0. The Labute approximate surface area is 129 Å². The van der Waals surface area contributed by atoms with Crippen LogP contribution < -0.4 is 4.90 Å². The number of benzene rings is 2. The van der Waals surface area contributed by atoms with Crippen molar-refractivity contribution in [2.24, 2.45) is 0 Å². The van der Waals surface area contributed by atoms with Gasteiger partial charge in [0, 0.05) is 28.2 Å². The fraction of sp³-hybridized carbons (Fsp3) is 0.188. The van der Waals surface area contributed by atoms with Crippen LogP contribution in [0, 0.1) is 11.6 Å². The highest BCUT2D eigenvalue weighted by Crippen LogP contribution is 2.31. The largest absolute Gasteiger partial charge is 0.308 e. The van der Waals surface area contributed by atoms with Gasteiger partial charge in [-0.05, 0) is 37.1 Å². The van der Waals surface area contributed by atoms with Crippen LogP contribution >= 0.6 is 15.9 Å². The number of amides is 1. The van der Waals surface area contributed by atoms with Crippen molar-refractivity contribution >= 4 is 27.5 Å². The van der Waals surface area contributed by atoms with Gasteiger partial charge in [-0.25, -0.2) is 8.78 Å². The van der Waals surface area contributed by atoms with Crippen LogP contribution in [0.1, 0.15) is 22.3 Å². The van der Waals surface area contributed by atoms with E-state index in [1.54, 1.807) is 18.2 Å². The first kappa shape index (κ1) is 14.2. The summed E-state index contributed by atoms with van der Waals surface area (Å²) < 4.78 is 28.1. The summed E-state index contributed by atoms with van der Waals surface area (Å²) >= 11 is 3.32. The van der Waals surface area contributed by atoms with E-state index in [9.17, 15) is 13.6 Å². The lowest BCUT2D eigenvalue weighted by molar-refractivity contribution is 0.0985. The summed E-state index contributed by atoms with van der Waals surface area (Å²) in [7, 11) is 0. The third kappa shape index (κ3) is 2.70. The fourth-order valence-corrected chi connectivity index (χ4v) is 3.00. The van der Waals surface area contributed by atoms with Crippen molar-refractivity contribution < 1.29 is 13.6 Å². The van der Waals surface area contributed by atoms with Gasteiger partial charge in [-0.2, -0.15) is 0 Å². The molecule has 5 heteroatoms. The summed E-state index contributed by atoms with van der Waals surface area (Å²) in [6.07, 6.45) is 1.18. The van der Waals surface area contributed by atoms with Gasteiger partial charge >= 0.3 is 0 Å². The standard InChI is InChI=1S/C16H12BrF2NO/c17-11-4-1-3-10(7-11)16(21)20-6-2-5-13-14(19)8-12(18)9-15(13)20/h1,3-4,7-9H,2,5-6H2. The molecule has 3 rings (SSSR count). The molecule has 1 aliphatic rings. The van der Waals surface area contributed by atoms with Crippen LogP contribution in [0.25, 0.3) is 0 Å². The SMILES string of the molecule is O=C(c1cccc(Br)c1)N1CCCc2c(F)cc(F)cc21. The Hall–Kier alpha value is -1.75. The number of rotatable bonds is 1. The van der Waals surface area contributed by atoms with E-state index in [-0.39, 0.29) is 5.91 Å². The Morgan fingerprint density at radius 2 is 2.00 bits per heavy atom. The third-order valence-electron chi connectivity index (χ3n) is 3.55. The molecule has 2 aromatic carbocycles. The molecule has 1 amide bonds. The second kappa shape index (κ2) is 5.56. The topological polar surface area (TPSA) is 20.3 Å². The monoisotopic (exact) mass is 351 g/mol. The van der Waals surface area contributed by atoms with Crippen molar-refractivity contribution in [3.05, 3.63) is 63.6 Å². The second-order valence-electron chi connectivity index (χ2n) is 4.96. The summed E-state index contributed by atoms with van der Waals surface area (Å²) in [6.45, 7) is 0.460. The van der Waals surface area contributed by atoms with E-state index in [4.69, 9.17) is 0 Å². The molecule has 0 atom stereocenters. The molecule has 0 aromatic heterocycles. The summed E-state index contributed by atoms with van der Waals surface area (Å²) in [5.41, 5.74) is 1.23. The van der Waals surface area contributed by atoms with Gasteiger partial charge < -0.3 is 4.90 Å². The van der Waals surface area contributed by atoms with Gasteiger partial charge in [0.25, 0.3) is 5.91 Å². The minimum atomic E-state index is -0.666. The average Bonchev–Trinajstić information content (AvgIpc) is 2.46. The zero-order valence-corrected chi connectivity index (χ0v) is 12.7. The molecule has 108 valence electrons. The Bertz CT molecular complexity index is 717. The smallest absolute Gasteiger partial charge is 0.258 e. The molecule has 1 heterocycles. The first-order valence-electron chi connectivity index (χ1n) is 6.61. The van der Waals surface area contributed by atoms with E-state index in [0.717, 1.165) is 10.5 Å². The Kier molecular flexibility index (Phi) is 3.76. The van der Waals surface area contributed by atoms with Crippen LogP contribution in [-0.2, 0) is 6.42 Å². The van der Waals surface area contributed by atoms with E-state index >= 15 is 0 Å². The molecule has 21 heavy (non-hydrogen) atoms. The normalized spacial score (nSPS) is 14.0. The summed E-state index contributed by atoms with van der Waals surface area (Å²) in [5, 5.41) is 0. The summed E-state index contributed by atoms with van der Waals surface area (Å²) in [6, 6.07) is 9.07. The highest BCUT2D eigenvalue weighted by atomic mass is 79.9. The van der Waals surface area contributed by atoms with Gasteiger partial charge in [-0.1, -0.05) is 22.0 Å². The Morgan fingerprint density at radius 1 is 1.19 bits per heavy atom. The number of carbonyl (C=O) groups is 1. The van der Waals surface area contributed by atoms with Gasteiger partial charge in [0.1, 0.15) is 11.6 Å². The maximum atomic E-state index is 13.9. The zero-order valence-electron chi connectivity index (χ0n) is 11.1. The first-order chi connectivity index (χ1) is 10.1. The third-order valence-corrected chi connectivity index (χ3v) is 4.05. The molecule has 2 aromatic rings. The molecule has 2 nitrogen and oxygen atoms in total. The zero-order chi connectivity index (χ0) is 15.0. The number of nitrogens with zero attached hydrogens (tertiary/aromatic N) is 1. The summed E-state index contributed by atoms with van der Waals surface area (Å²) in [5.74, 6) is -1.50. The molecular formula is C16H12BrF2NO. The maximum Gasteiger partial charge on any atom is 0.258 e. The predicted octanol–water partition coefficient (Wildman–Crippen LogP) is 4.32. The number of anilines is 1. The summed E-state index contributed by atoms with van der Waals surface area (Å²) in [4.78, 5) is 14.0. The lowest BCUT2D eigenvalue weighted by Gasteiger charge is -2.30. The molecule has 1 aliphatic heterocycles. The quantitative estimate of drug-likeness (QED) is 0.749. The second-order valence-corrected chi connectivity index (χ2v) is 5.87. The number of carbonyl (C=O) groups excluding carboxylic acids is 1. The number of hydrogen-bond acceptors (Lipinski definition) is 1. The van der Waals surface area contributed by atoms with Gasteiger partial charge in [0.2, 0.25) is 0 Å². The van der Waals surface area contributed by atoms with E-state index in [1.165, 1.54) is 11.0 Å². The molecule has 0 radical (unpaired) electrons. The van der Waals surface area contributed by atoms with Crippen LogP contribution in [0.2, 0.25) is 0 Å². The molecule has 0 saturated heterocycles. The van der Waals surface area contributed by atoms with Crippen LogP contribution in [-0.4, -0.2) is 12.5 Å². The van der Waals surface area contributed by atoms with E-state index < -0.39 is 11.6 Å². The molecule has 0 saturated carbocycles. The number of fused-ring (bicyclic) bond motifs is 1. The minimum absolute atomic E-state index is 0.248. The van der Waals surface area contributed by atoms with Gasteiger partial charge in [0.15, 0.2) is 0 Å². The lowest BCUT2D eigenvalue weighted by atomic mass is 10.00. The average molecular weight is 352 g/mol. The lowest BCUT2D eigenvalue weighted by Crippen LogP contribution is -2.36. The van der Waals surface area contributed by atoms with Crippen molar-refractivity contribution in [3.63, 3.8) is 0 Å². The fourth-order valence-electron chi connectivity index (χ4n) is 2.60. The van der Waals surface area contributed by atoms with E-state index in [2.05, 4.69) is 15.9 Å². The van der Waals surface area contributed by atoms with Gasteiger partial charge in [0.05, 0.1) is 5.69 Å². The molecule has 0 fully saturated rings. The van der Waals surface area contributed by atoms with Gasteiger partial charge in [-0.15, -0.1) is 0 Å². The van der Waals surface area contributed by atoms with Crippen LogP contribution in [0.3, 0.4) is 0 Å². The molecule has 0 unspecified atom stereocenters. The van der Waals surface area contributed by atoms with Crippen molar-refractivity contribution in [2.75, 3.05) is 11.4 Å². The van der Waals surface area contributed by atoms with Crippen molar-refractivity contribution in [1.82, 2.24) is 0 Å². The molecule has 0 bridgehead atoms. The van der Waals surface area contributed by atoms with Gasteiger partial charge in [-0.3, -0.25) is 4.79 Å². The molecule has 0 N–H and O–H groups in total. The van der Waals surface area contributed by atoms with Crippen molar-refractivity contribution in [2.45, 2.75) is 12.8 Å². The van der Waals surface area contributed by atoms with Crippen LogP contribution in [0.15, 0.2) is 40.9 Å². The van der Waals surface area contributed by atoms with E-state index in [1.807, 2.05) is 6.07 Å². The van der Waals surface area contributed by atoms with Crippen molar-refractivity contribution in [1.29, 1.82) is 0 Å². The Morgan fingerprint density at radius 3 is 2.76 bits per heavy atom. The number of halogens is 3. The Balaban J connectivity index is 2.04. The molecular weight excluding hydrogens is 340 g/mol.